The smallest absolute Gasteiger partial charge is 0.325 e. The van der Waals surface area contributed by atoms with E-state index in [1.165, 1.54) is 12.8 Å². The van der Waals surface area contributed by atoms with Gasteiger partial charge in [0.1, 0.15) is 5.54 Å². The summed E-state index contributed by atoms with van der Waals surface area (Å²) in [6, 6.07) is 1.01. The summed E-state index contributed by atoms with van der Waals surface area (Å²) in [6.45, 7) is 10.8. The van der Waals surface area contributed by atoms with Gasteiger partial charge in [-0.15, -0.1) is 0 Å². The first-order valence-corrected chi connectivity index (χ1v) is 7.99. The van der Waals surface area contributed by atoms with Gasteiger partial charge in [-0.1, -0.05) is 13.8 Å². The standard InChI is InChI=1S/C15H29N3O2/c1-4-17(5-2)9-8-16-15(14(19)20)10-12(3)18(11-15)13-6-7-13/h12-13,16H,4-11H2,1-3H3,(H,19,20). The Morgan fingerprint density at radius 1 is 1.40 bits per heavy atom. The second-order valence-electron chi connectivity index (χ2n) is 6.30. The van der Waals surface area contributed by atoms with Crippen LogP contribution in [0.15, 0.2) is 0 Å². The number of likely N-dealkylation sites (tertiary alicyclic amines) is 1. The maximum Gasteiger partial charge on any atom is 0.325 e. The number of aliphatic carboxylic acids is 1. The van der Waals surface area contributed by atoms with E-state index in [-0.39, 0.29) is 0 Å². The fraction of sp³-hybridized carbons (Fsp3) is 0.933. The molecule has 1 heterocycles. The summed E-state index contributed by atoms with van der Waals surface area (Å²) in [4.78, 5) is 16.5. The average Bonchev–Trinajstić information content (AvgIpc) is 3.19. The van der Waals surface area contributed by atoms with Gasteiger partial charge in [-0.2, -0.15) is 0 Å². The second kappa shape index (κ2) is 6.41. The highest BCUT2D eigenvalue weighted by Gasteiger charge is 2.51. The first kappa shape index (κ1) is 15.7. The van der Waals surface area contributed by atoms with Crippen LogP contribution in [-0.4, -0.2) is 71.2 Å². The predicted octanol–water partition coefficient (Wildman–Crippen LogP) is 0.998. The van der Waals surface area contributed by atoms with Crippen molar-refractivity contribution in [2.45, 2.75) is 57.7 Å². The van der Waals surface area contributed by atoms with E-state index in [1.807, 2.05) is 0 Å². The van der Waals surface area contributed by atoms with Crippen LogP contribution in [0.3, 0.4) is 0 Å². The highest BCUT2D eigenvalue weighted by Crippen LogP contribution is 2.37. The lowest BCUT2D eigenvalue weighted by molar-refractivity contribution is -0.144. The van der Waals surface area contributed by atoms with Crippen molar-refractivity contribution in [1.82, 2.24) is 15.1 Å². The van der Waals surface area contributed by atoms with Gasteiger partial charge in [0.25, 0.3) is 0 Å². The molecule has 1 saturated heterocycles. The molecule has 2 N–H and O–H groups in total. The van der Waals surface area contributed by atoms with Crippen LogP contribution in [0.1, 0.15) is 40.0 Å². The van der Waals surface area contributed by atoms with Gasteiger partial charge in [0, 0.05) is 31.7 Å². The summed E-state index contributed by atoms with van der Waals surface area (Å²) in [6.07, 6.45) is 3.19. The van der Waals surface area contributed by atoms with Crippen molar-refractivity contribution >= 4 is 5.97 Å². The SMILES string of the molecule is CCN(CC)CCNC1(C(=O)O)CC(C)N(C2CC2)C1. The largest absolute Gasteiger partial charge is 0.480 e. The number of nitrogens with one attached hydrogen (secondary N) is 1. The molecule has 0 bridgehead atoms. The zero-order valence-corrected chi connectivity index (χ0v) is 13.1. The Labute approximate surface area is 122 Å². The Hall–Kier alpha value is -0.650. The first-order valence-electron chi connectivity index (χ1n) is 7.99. The Bertz CT molecular complexity index is 342. The van der Waals surface area contributed by atoms with Crippen LogP contribution in [0.25, 0.3) is 0 Å². The van der Waals surface area contributed by atoms with Crippen molar-refractivity contribution in [3.05, 3.63) is 0 Å². The number of carbonyl (C=O) groups is 1. The van der Waals surface area contributed by atoms with Crippen LogP contribution in [0, 0.1) is 0 Å². The van der Waals surface area contributed by atoms with Gasteiger partial charge < -0.3 is 10.0 Å². The number of carboxylic acids is 1. The molecule has 0 radical (unpaired) electrons. The van der Waals surface area contributed by atoms with Gasteiger partial charge in [0.15, 0.2) is 0 Å². The fourth-order valence-electron chi connectivity index (χ4n) is 3.40. The quantitative estimate of drug-likeness (QED) is 0.696. The summed E-state index contributed by atoms with van der Waals surface area (Å²) in [5.74, 6) is -0.688. The normalized spacial score (nSPS) is 31.1. The van der Waals surface area contributed by atoms with Crippen LogP contribution in [0.2, 0.25) is 0 Å². The third-order valence-electron chi connectivity index (χ3n) is 4.87. The summed E-state index contributed by atoms with van der Waals surface area (Å²) in [5, 5.41) is 13.0. The monoisotopic (exact) mass is 283 g/mol. The van der Waals surface area contributed by atoms with Crippen LogP contribution in [0.4, 0.5) is 0 Å². The Morgan fingerprint density at radius 2 is 2.05 bits per heavy atom. The third kappa shape index (κ3) is 3.32. The minimum atomic E-state index is -0.741. The van der Waals surface area contributed by atoms with Gasteiger partial charge in [0.05, 0.1) is 0 Å². The minimum absolute atomic E-state index is 0.375. The molecule has 0 aromatic carbocycles. The van der Waals surface area contributed by atoms with Crippen LogP contribution in [0.5, 0.6) is 0 Å². The molecule has 1 aliphatic heterocycles. The van der Waals surface area contributed by atoms with Gasteiger partial charge >= 0.3 is 5.97 Å². The molecule has 0 spiro atoms. The van der Waals surface area contributed by atoms with Gasteiger partial charge in [-0.3, -0.25) is 15.0 Å². The van der Waals surface area contributed by atoms with E-state index in [1.54, 1.807) is 0 Å². The molecule has 5 nitrogen and oxygen atoms in total. The molecule has 0 aromatic rings. The zero-order chi connectivity index (χ0) is 14.8. The Balaban J connectivity index is 1.91. The van der Waals surface area contributed by atoms with Gasteiger partial charge in [-0.25, -0.2) is 0 Å². The van der Waals surface area contributed by atoms with Crippen molar-refractivity contribution in [3.8, 4) is 0 Å². The van der Waals surface area contributed by atoms with E-state index >= 15 is 0 Å². The molecule has 1 saturated carbocycles. The van der Waals surface area contributed by atoms with Crippen LogP contribution >= 0.6 is 0 Å². The maximum atomic E-state index is 11.8. The molecule has 2 aliphatic rings. The lowest BCUT2D eigenvalue weighted by Gasteiger charge is -2.28. The molecule has 0 aromatic heterocycles. The maximum absolute atomic E-state index is 11.8. The number of hydrogen-bond acceptors (Lipinski definition) is 4. The van der Waals surface area contributed by atoms with E-state index in [9.17, 15) is 9.90 Å². The number of hydrogen-bond donors (Lipinski definition) is 2. The first-order chi connectivity index (χ1) is 9.52. The molecular weight excluding hydrogens is 254 g/mol. The van der Waals surface area contributed by atoms with Crippen molar-refractivity contribution in [2.75, 3.05) is 32.7 Å². The van der Waals surface area contributed by atoms with Crippen LogP contribution < -0.4 is 5.32 Å². The topological polar surface area (TPSA) is 55.8 Å². The van der Waals surface area contributed by atoms with Crippen LogP contribution in [-0.2, 0) is 4.79 Å². The average molecular weight is 283 g/mol. The molecule has 1 aliphatic carbocycles. The number of likely N-dealkylation sites (N-methyl/N-ethyl adjacent to an activating group) is 1. The number of rotatable bonds is 8. The summed E-state index contributed by atoms with van der Waals surface area (Å²) in [7, 11) is 0. The molecule has 0 amide bonds. The lowest BCUT2D eigenvalue weighted by Crippen LogP contribution is -2.55. The second-order valence-corrected chi connectivity index (χ2v) is 6.30. The van der Waals surface area contributed by atoms with E-state index in [0.29, 0.717) is 18.6 Å². The molecule has 2 fully saturated rings. The van der Waals surface area contributed by atoms with E-state index in [0.717, 1.165) is 32.6 Å². The molecular formula is C15H29N3O2. The zero-order valence-electron chi connectivity index (χ0n) is 13.1. The number of carboxylic acid groups (broad SMARTS) is 1. The minimum Gasteiger partial charge on any atom is -0.480 e. The third-order valence-corrected chi connectivity index (χ3v) is 4.87. The summed E-state index contributed by atoms with van der Waals surface area (Å²) < 4.78 is 0. The molecule has 20 heavy (non-hydrogen) atoms. The Morgan fingerprint density at radius 3 is 2.55 bits per heavy atom. The van der Waals surface area contributed by atoms with Crippen molar-refractivity contribution in [1.29, 1.82) is 0 Å². The van der Waals surface area contributed by atoms with Crippen molar-refractivity contribution in [3.63, 3.8) is 0 Å². The summed E-state index contributed by atoms with van der Waals surface area (Å²) in [5.41, 5.74) is -0.741. The Kier molecular flexibility index (Phi) is 5.04. The van der Waals surface area contributed by atoms with E-state index in [4.69, 9.17) is 0 Å². The highest BCUT2D eigenvalue weighted by molar-refractivity contribution is 5.80. The van der Waals surface area contributed by atoms with E-state index < -0.39 is 11.5 Å². The van der Waals surface area contributed by atoms with Crippen molar-refractivity contribution in [2.24, 2.45) is 0 Å². The fourth-order valence-corrected chi connectivity index (χ4v) is 3.40. The highest BCUT2D eigenvalue weighted by atomic mass is 16.4. The molecule has 2 atom stereocenters. The van der Waals surface area contributed by atoms with E-state index in [2.05, 4.69) is 35.9 Å². The lowest BCUT2D eigenvalue weighted by atomic mass is 9.96. The molecule has 5 heteroatoms. The number of nitrogens with zero attached hydrogens (tertiary/aromatic N) is 2. The summed E-state index contributed by atoms with van der Waals surface area (Å²) >= 11 is 0. The van der Waals surface area contributed by atoms with Crippen molar-refractivity contribution < 1.29 is 9.90 Å². The van der Waals surface area contributed by atoms with Gasteiger partial charge in [0.2, 0.25) is 0 Å². The predicted molar refractivity (Wildman–Crippen MR) is 80.0 cm³/mol. The molecule has 2 unspecified atom stereocenters. The molecule has 116 valence electrons. The molecule has 2 rings (SSSR count). The van der Waals surface area contributed by atoms with Gasteiger partial charge in [-0.05, 0) is 39.3 Å².